The van der Waals surface area contributed by atoms with Crippen LogP contribution in [0.1, 0.15) is 34.5 Å². The lowest BCUT2D eigenvalue weighted by Crippen LogP contribution is -2.49. The van der Waals surface area contributed by atoms with Gasteiger partial charge in [0.1, 0.15) is 5.82 Å². The van der Waals surface area contributed by atoms with Crippen molar-refractivity contribution in [2.75, 3.05) is 44.8 Å². The van der Waals surface area contributed by atoms with Gasteiger partial charge < -0.3 is 14.5 Å². The number of aromatic nitrogens is 3. The number of aryl methyl sites for hydroxylation is 1. The van der Waals surface area contributed by atoms with Crippen LogP contribution in [0.3, 0.4) is 0 Å². The van der Waals surface area contributed by atoms with Gasteiger partial charge in [-0.05, 0) is 37.6 Å². The minimum atomic E-state index is -0.233. The number of hydrogen-bond acceptors (Lipinski definition) is 6. The molecule has 4 aromatic rings. The molecule has 0 spiro atoms. The maximum absolute atomic E-state index is 14.3. The highest BCUT2D eigenvalue weighted by atomic mass is 32.2. The summed E-state index contributed by atoms with van der Waals surface area (Å²) in [5.41, 5.74) is 4.40. The molecule has 7 nitrogen and oxygen atoms in total. The van der Waals surface area contributed by atoms with Crippen LogP contribution in [-0.4, -0.2) is 65.5 Å². The summed E-state index contributed by atoms with van der Waals surface area (Å²) >= 11 is 1.56. The number of thioether (sulfide) groups is 1. The van der Waals surface area contributed by atoms with Crippen LogP contribution in [-0.2, 0) is 10.5 Å². The molecule has 208 valence electrons. The summed E-state index contributed by atoms with van der Waals surface area (Å²) in [6, 6.07) is 22.8. The molecule has 0 bridgehead atoms. The zero-order chi connectivity index (χ0) is 28.1. The van der Waals surface area contributed by atoms with Crippen LogP contribution in [0.15, 0.2) is 78.0 Å². The van der Waals surface area contributed by atoms with Crippen molar-refractivity contribution in [1.29, 1.82) is 0 Å². The Hall–Kier alpha value is -3.69. The number of para-hydroxylation sites is 1. The van der Waals surface area contributed by atoms with Crippen LogP contribution in [0, 0.1) is 12.7 Å². The molecule has 1 amide bonds. The third kappa shape index (κ3) is 6.05. The molecule has 1 unspecified atom stereocenters. The molecule has 40 heavy (non-hydrogen) atoms. The molecule has 5 rings (SSSR count). The summed E-state index contributed by atoms with van der Waals surface area (Å²) in [5.74, 6) is 1.13. The van der Waals surface area contributed by atoms with Gasteiger partial charge in [0.2, 0.25) is 0 Å². The van der Waals surface area contributed by atoms with E-state index in [9.17, 15) is 9.18 Å². The fourth-order valence-corrected chi connectivity index (χ4v) is 6.05. The number of benzene rings is 3. The van der Waals surface area contributed by atoms with Crippen molar-refractivity contribution in [3.05, 3.63) is 95.3 Å². The van der Waals surface area contributed by atoms with Crippen LogP contribution >= 0.6 is 11.8 Å². The van der Waals surface area contributed by atoms with E-state index >= 15 is 0 Å². The van der Waals surface area contributed by atoms with Gasteiger partial charge in [0.05, 0.1) is 18.3 Å². The van der Waals surface area contributed by atoms with Gasteiger partial charge in [0.25, 0.3) is 5.91 Å². The fraction of sp³-hybridized carbons (Fsp3) is 0.323. The SMILES string of the molecule is COCC(C)n1c(SCc2ccccc2C(=O)N2CCN(c3ccccc3F)CC2)nnc1-c1ccc(C)cc1. The minimum Gasteiger partial charge on any atom is -0.383 e. The Morgan fingerprint density at radius 3 is 2.40 bits per heavy atom. The first kappa shape index (κ1) is 27.9. The number of carbonyl (C=O) groups is 1. The number of hydrogen-bond donors (Lipinski definition) is 0. The fourth-order valence-electron chi connectivity index (χ4n) is 5.01. The van der Waals surface area contributed by atoms with Gasteiger partial charge in [-0.15, -0.1) is 10.2 Å². The van der Waals surface area contributed by atoms with Crippen LogP contribution < -0.4 is 4.90 Å². The monoisotopic (exact) mass is 559 g/mol. The van der Waals surface area contributed by atoms with Gasteiger partial charge in [0.15, 0.2) is 11.0 Å². The van der Waals surface area contributed by atoms with E-state index < -0.39 is 0 Å². The molecule has 0 radical (unpaired) electrons. The standard InChI is InChI=1S/C31H34FN5O2S/c1-22-12-14-24(15-13-22)29-33-34-31(37(29)23(2)20-39-3)40-21-25-8-4-5-9-26(25)30(38)36-18-16-35(17-19-36)28-11-7-6-10-27(28)32/h4-15,23H,16-21H2,1-3H3. The number of ether oxygens (including phenoxy) is 1. The van der Waals surface area contributed by atoms with Crippen LogP contribution in [0.5, 0.6) is 0 Å². The zero-order valence-electron chi connectivity index (χ0n) is 23.1. The number of carbonyl (C=O) groups excluding carboxylic acids is 1. The van der Waals surface area contributed by atoms with E-state index in [1.807, 2.05) is 40.1 Å². The van der Waals surface area contributed by atoms with E-state index in [2.05, 4.69) is 52.9 Å². The average Bonchev–Trinajstić information content (AvgIpc) is 3.41. The molecule has 1 saturated heterocycles. The zero-order valence-corrected chi connectivity index (χ0v) is 23.9. The molecule has 1 atom stereocenters. The minimum absolute atomic E-state index is 0.000976. The Bertz CT molecular complexity index is 1450. The highest BCUT2D eigenvalue weighted by Crippen LogP contribution is 2.31. The van der Waals surface area contributed by atoms with Gasteiger partial charge in [0, 0.05) is 50.2 Å². The van der Waals surface area contributed by atoms with E-state index in [0.717, 1.165) is 22.1 Å². The van der Waals surface area contributed by atoms with Crippen molar-refractivity contribution in [3.63, 3.8) is 0 Å². The van der Waals surface area contributed by atoms with Crippen LogP contribution in [0.4, 0.5) is 10.1 Å². The highest BCUT2D eigenvalue weighted by molar-refractivity contribution is 7.98. The molecule has 1 aliphatic heterocycles. The number of rotatable bonds is 9. The number of piperazine rings is 1. The summed E-state index contributed by atoms with van der Waals surface area (Å²) in [7, 11) is 1.69. The van der Waals surface area contributed by atoms with Crippen LogP contribution in [0.2, 0.25) is 0 Å². The molecule has 9 heteroatoms. The Balaban J connectivity index is 1.31. The topological polar surface area (TPSA) is 63.5 Å². The summed E-state index contributed by atoms with van der Waals surface area (Å²) < 4.78 is 21.8. The maximum Gasteiger partial charge on any atom is 0.254 e. The van der Waals surface area contributed by atoms with E-state index in [-0.39, 0.29) is 17.8 Å². The first-order chi connectivity index (χ1) is 19.5. The molecule has 0 N–H and O–H groups in total. The van der Waals surface area contributed by atoms with Gasteiger partial charge in [-0.1, -0.05) is 71.9 Å². The second-order valence-corrected chi connectivity index (χ2v) is 11.0. The molecule has 1 aromatic heterocycles. The summed E-state index contributed by atoms with van der Waals surface area (Å²) in [6.45, 7) is 6.93. The predicted octanol–water partition coefficient (Wildman–Crippen LogP) is 5.85. The summed E-state index contributed by atoms with van der Waals surface area (Å²) in [6.07, 6.45) is 0. The van der Waals surface area contributed by atoms with Crippen LogP contribution in [0.25, 0.3) is 11.4 Å². The predicted molar refractivity (Wildman–Crippen MR) is 157 cm³/mol. The largest absolute Gasteiger partial charge is 0.383 e. The van der Waals surface area contributed by atoms with E-state index in [1.165, 1.54) is 11.6 Å². The third-order valence-electron chi connectivity index (χ3n) is 7.19. The smallest absolute Gasteiger partial charge is 0.254 e. The first-order valence-electron chi connectivity index (χ1n) is 13.5. The second kappa shape index (κ2) is 12.7. The number of methoxy groups -OCH3 is 1. The average molecular weight is 560 g/mol. The molecule has 2 heterocycles. The number of halogens is 1. The first-order valence-corrected chi connectivity index (χ1v) is 14.4. The maximum atomic E-state index is 14.3. The Kier molecular flexibility index (Phi) is 8.81. The van der Waals surface area contributed by atoms with Gasteiger partial charge in [-0.25, -0.2) is 4.39 Å². The lowest BCUT2D eigenvalue weighted by Gasteiger charge is -2.36. The lowest BCUT2D eigenvalue weighted by atomic mass is 10.1. The molecule has 0 saturated carbocycles. The quantitative estimate of drug-likeness (QED) is 0.240. The Labute approximate surface area is 239 Å². The highest BCUT2D eigenvalue weighted by Gasteiger charge is 2.26. The van der Waals surface area contributed by atoms with Gasteiger partial charge in [-0.3, -0.25) is 9.36 Å². The number of amides is 1. The molecule has 3 aromatic carbocycles. The van der Waals surface area contributed by atoms with Crippen molar-refractivity contribution in [2.45, 2.75) is 30.8 Å². The third-order valence-corrected chi connectivity index (χ3v) is 8.18. The lowest BCUT2D eigenvalue weighted by molar-refractivity contribution is 0.0746. The van der Waals surface area contributed by atoms with Crippen molar-refractivity contribution in [1.82, 2.24) is 19.7 Å². The van der Waals surface area contributed by atoms with Crippen molar-refractivity contribution in [3.8, 4) is 11.4 Å². The van der Waals surface area contributed by atoms with Gasteiger partial charge >= 0.3 is 0 Å². The molecular formula is C31H34FN5O2S. The Morgan fingerprint density at radius 2 is 1.68 bits per heavy atom. The molecule has 1 fully saturated rings. The molecule has 0 aliphatic carbocycles. The van der Waals surface area contributed by atoms with E-state index in [0.29, 0.717) is 49.8 Å². The second-order valence-electron chi connectivity index (χ2n) is 10.0. The Morgan fingerprint density at radius 1 is 0.975 bits per heavy atom. The normalized spacial score (nSPS) is 14.4. The van der Waals surface area contributed by atoms with Crippen molar-refractivity contribution in [2.24, 2.45) is 0 Å². The molecule has 1 aliphatic rings. The van der Waals surface area contributed by atoms with Crippen molar-refractivity contribution >= 4 is 23.4 Å². The molecular weight excluding hydrogens is 525 g/mol. The summed E-state index contributed by atoms with van der Waals surface area (Å²) in [5, 5.41) is 9.84. The van der Waals surface area contributed by atoms with Gasteiger partial charge in [-0.2, -0.15) is 0 Å². The van der Waals surface area contributed by atoms with E-state index in [1.54, 1.807) is 31.0 Å². The summed E-state index contributed by atoms with van der Waals surface area (Å²) in [4.78, 5) is 17.5. The van der Waals surface area contributed by atoms with E-state index in [4.69, 9.17) is 4.74 Å². The number of nitrogens with zero attached hydrogens (tertiary/aromatic N) is 5. The van der Waals surface area contributed by atoms with Crippen molar-refractivity contribution < 1.29 is 13.9 Å². The number of anilines is 1.